The Kier molecular flexibility index (Phi) is 6.54. The third kappa shape index (κ3) is 5.44. The molecule has 128 valence electrons. The van der Waals surface area contributed by atoms with Crippen LogP contribution in [0.2, 0.25) is 0 Å². The summed E-state index contributed by atoms with van der Waals surface area (Å²) < 4.78 is 4.81. The van der Waals surface area contributed by atoms with Crippen molar-refractivity contribution in [1.29, 1.82) is 0 Å². The van der Waals surface area contributed by atoms with Crippen molar-refractivity contribution < 1.29 is 9.53 Å². The molecule has 0 saturated heterocycles. The number of alkyl carbamates (subject to hydrolysis) is 1. The number of rotatable bonds is 5. The summed E-state index contributed by atoms with van der Waals surface area (Å²) in [5, 5.41) is 6.89. The van der Waals surface area contributed by atoms with Crippen LogP contribution in [-0.2, 0) is 4.74 Å². The first kappa shape index (κ1) is 18.6. The number of para-hydroxylation sites is 1. The Labute approximate surface area is 155 Å². The number of amides is 1. The second-order valence-corrected chi connectivity index (χ2v) is 7.13. The monoisotopic (exact) mass is 387 g/mol. The summed E-state index contributed by atoms with van der Waals surface area (Å²) in [5.74, 6) is 0. The minimum atomic E-state index is -1.72. The second kappa shape index (κ2) is 8.42. The quantitative estimate of drug-likeness (QED) is 0.774. The summed E-state index contributed by atoms with van der Waals surface area (Å²) in [4.78, 5) is 11.5. The first-order valence-electron chi connectivity index (χ1n) is 7.19. The topological polar surface area (TPSA) is 56.1 Å². The van der Waals surface area contributed by atoms with Gasteiger partial charge in [-0.2, -0.15) is 5.10 Å². The van der Waals surface area contributed by atoms with Crippen molar-refractivity contribution >= 4 is 47.0 Å². The lowest BCUT2D eigenvalue weighted by Gasteiger charge is -2.21. The highest BCUT2D eigenvalue weighted by Crippen LogP contribution is 2.31. The van der Waals surface area contributed by atoms with E-state index in [2.05, 4.69) is 10.4 Å². The molecule has 8 heteroatoms. The summed E-state index contributed by atoms with van der Waals surface area (Å²) in [6, 6.07) is 10.6. The molecular formula is C16H16Cl3N3O2. The molecule has 24 heavy (non-hydrogen) atoms. The normalized spacial score (nSPS) is 13.0. The van der Waals surface area contributed by atoms with Crippen molar-refractivity contribution in [2.45, 2.75) is 16.8 Å². The molecule has 5 nitrogen and oxygen atoms in total. The predicted molar refractivity (Wildman–Crippen MR) is 96.8 cm³/mol. The maximum absolute atomic E-state index is 11.5. The van der Waals surface area contributed by atoms with E-state index in [4.69, 9.17) is 39.5 Å². The molecule has 1 atom stereocenters. The van der Waals surface area contributed by atoms with Gasteiger partial charge in [-0.25, -0.2) is 9.48 Å². The van der Waals surface area contributed by atoms with Crippen LogP contribution in [0.5, 0.6) is 0 Å². The molecule has 2 aromatic rings. The van der Waals surface area contributed by atoms with Crippen LogP contribution in [0.4, 0.5) is 4.79 Å². The standard InChI is InChI=1S/C16H16Cl3N3O2/c1-2-24-15(23)20-14(16(17,18)19)9-8-12-10-11-22(21-12)13-6-4-3-5-7-13/h3-11,14H,2H2,1H3,(H,20,23)/b9-8+. The van der Waals surface area contributed by atoms with Crippen LogP contribution in [0.3, 0.4) is 0 Å². The van der Waals surface area contributed by atoms with Crippen molar-refractivity contribution in [1.82, 2.24) is 15.1 Å². The van der Waals surface area contributed by atoms with E-state index in [9.17, 15) is 4.79 Å². The Hall–Kier alpha value is -1.69. The molecule has 0 bridgehead atoms. The van der Waals surface area contributed by atoms with E-state index in [1.807, 2.05) is 42.6 Å². The summed E-state index contributed by atoms with van der Waals surface area (Å²) in [7, 11) is 0. The second-order valence-electron chi connectivity index (χ2n) is 4.76. The van der Waals surface area contributed by atoms with Crippen LogP contribution in [0.15, 0.2) is 48.7 Å². The number of hydrogen-bond acceptors (Lipinski definition) is 3. The Morgan fingerprint density at radius 3 is 2.67 bits per heavy atom. The van der Waals surface area contributed by atoms with Gasteiger partial charge in [-0.1, -0.05) is 59.1 Å². The Morgan fingerprint density at radius 1 is 1.33 bits per heavy atom. The Bertz CT molecular complexity index is 696. The van der Waals surface area contributed by atoms with E-state index in [0.717, 1.165) is 5.69 Å². The summed E-state index contributed by atoms with van der Waals surface area (Å²) >= 11 is 17.7. The number of alkyl halides is 3. The van der Waals surface area contributed by atoms with E-state index in [-0.39, 0.29) is 6.61 Å². The van der Waals surface area contributed by atoms with Crippen molar-refractivity contribution in [3.8, 4) is 5.69 Å². The fraction of sp³-hybridized carbons (Fsp3) is 0.250. The number of hydrogen-bond donors (Lipinski definition) is 1. The van der Waals surface area contributed by atoms with E-state index in [0.29, 0.717) is 5.69 Å². The largest absolute Gasteiger partial charge is 0.450 e. The highest BCUT2D eigenvalue weighted by Gasteiger charge is 2.32. The lowest BCUT2D eigenvalue weighted by molar-refractivity contribution is 0.150. The number of benzene rings is 1. The fourth-order valence-electron chi connectivity index (χ4n) is 1.89. The Morgan fingerprint density at radius 2 is 2.04 bits per heavy atom. The molecule has 1 unspecified atom stereocenters. The lowest BCUT2D eigenvalue weighted by atomic mass is 10.2. The van der Waals surface area contributed by atoms with Gasteiger partial charge in [0.25, 0.3) is 0 Å². The summed E-state index contributed by atoms with van der Waals surface area (Å²) in [6.45, 7) is 1.92. The zero-order valence-electron chi connectivity index (χ0n) is 12.8. The molecule has 1 N–H and O–H groups in total. The van der Waals surface area contributed by atoms with Gasteiger partial charge in [-0.05, 0) is 31.2 Å². The van der Waals surface area contributed by atoms with Gasteiger partial charge < -0.3 is 10.1 Å². The highest BCUT2D eigenvalue weighted by atomic mass is 35.6. The van der Waals surface area contributed by atoms with Crippen LogP contribution in [-0.4, -0.2) is 32.3 Å². The van der Waals surface area contributed by atoms with Crippen molar-refractivity contribution in [3.05, 3.63) is 54.4 Å². The third-order valence-corrected chi connectivity index (χ3v) is 3.70. The number of nitrogens with one attached hydrogen (secondary N) is 1. The predicted octanol–water partition coefficient (Wildman–Crippen LogP) is 4.37. The van der Waals surface area contributed by atoms with E-state index >= 15 is 0 Å². The van der Waals surface area contributed by atoms with Gasteiger partial charge >= 0.3 is 6.09 Å². The van der Waals surface area contributed by atoms with Gasteiger partial charge in [0.05, 0.1) is 24.0 Å². The van der Waals surface area contributed by atoms with Crippen molar-refractivity contribution in [3.63, 3.8) is 0 Å². The van der Waals surface area contributed by atoms with Crippen LogP contribution < -0.4 is 5.32 Å². The molecule has 0 fully saturated rings. The number of aromatic nitrogens is 2. The average molecular weight is 389 g/mol. The SMILES string of the molecule is CCOC(=O)NC(/C=C/c1ccn(-c2ccccc2)n1)C(Cl)(Cl)Cl. The third-order valence-electron chi connectivity index (χ3n) is 2.99. The van der Waals surface area contributed by atoms with Crippen molar-refractivity contribution in [2.24, 2.45) is 0 Å². The lowest BCUT2D eigenvalue weighted by Crippen LogP contribution is -2.42. The molecule has 0 saturated carbocycles. The molecule has 1 heterocycles. The zero-order valence-corrected chi connectivity index (χ0v) is 15.1. The van der Waals surface area contributed by atoms with Gasteiger partial charge in [0.2, 0.25) is 3.79 Å². The summed E-state index contributed by atoms with van der Waals surface area (Å²) in [5.41, 5.74) is 1.59. The number of halogens is 3. The van der Waals surface area contributed by atoms with Gasteiger partial charge in [0, 0.05) is 6.20 Å². The van der Waals surface area contributed by atoms with E-state index in [1.165, 1.54) is 0 Å². The molecule has 0 aliphatic carbocycles. The Balaban J connectivity index is 2.11. The fourth-order valence-corrected chi connectivity index (χ4v) is 2.27. The van der Waals surface area contributed by atoms with Crippen LogP contribution >= 0.6 is 34.8 Å². The molecule has 0 radical (unpaired) electrons. The molecule has 1 amide bonds. The van der Waals surface area contributed by atoms with Gasteiger partial charge in [-0.15, -0.1) is 0 Å². The molecule has 0 aliphatic rings. The first-order chi connectivity index (χ1) is 11.4. The van der Waals surface area contributed by atoms with E-state index < -0.39 is 15.9 Å². The smallest absolute Gasteiger partial charge is 0.407 e. The van der Waals surface area contributed by atoms with Crippen LogP contribution in [0.1, 0.15) is 12.6 Å². The minimum absolute atomic E-state index is 0.226. The first-order valence-corrected chi connectivity index (χ1v) is 8.33. The van der Waals surface area contributed by atoms with Gasteiger partial charge in [-0.3, -0.25) is 0 Å². The molecule has 2 rings (SSSR count). The highest BCUT2D eigenvalue weighted by molar-refractivity contribution is 6.68. The average Bonchev–Trinajstić information content (AvgIpc) is 3.00. The molecule has 1 aromatic heterocycles. The maximum atomic E-state index is 11.5. The van der Waals surface area contributed by atoms with Crippen molar-refractivity contribution in [2.75, 3.05) is 6.61 Å². The summed E-state index contributed by atoms with van der Waals surface area (Å²) in [6.07, 6.45) is 4.38. The number of carbonyl (C=O) groups excluding carboxylic acids is 1. The molecular weight excluding hydrogens is 373 g/mol. The number of carbonyl (C=O) groups is 1. The zero-order chi connectivity index (χ0) is 17.6. The number of ether oxygens (including phenoxy) is 1. The van der Waals surface area contributed by atoms with E-state index in [1.54, 1.807) is 23.8 Å². The molecule has 0 spiro atoms. The minimum Gasteiger partial charge on any atom is -0.450 e. The van der Waals surface area contributed by atoms with Crippen LogP contribution in [0, 0.1) is 0 Å². The van der Waals surface area contributed by atoms with Gasteiger partial charge in [0.15, 0.2) is 0 Å². The van der Waals surface area contributed by atoms with Gasteiger partial charge in [0.1, 0.15) is 0 Å². The number of nitrogens with zero attached hydrogens (tertiary/aromatic N) is 2. The molecule has 0 aliphatic heterocycles. The molecule has 1 aromatic carbocycles. The van der Waals surface area contributed by atoms with Crippen LogP contribution in [0.25, 0.3) is 11.8 Å². The maximum Gasteiger partial charge on any atom is 0.407 e.